The highest BCUT2D eigenvalue weighted by atomic mass is 16.5. The molecule has 0 saturated carbocycles. The molecule has 2 unspecified atom stereocenters. The van der Waals surface area contributed by atoms with Gasteiger partial charge in [-0.15, -0.1) is 0 Å². The van der Waals surface area contributed by atoms with E-state index in [4.69, 9.17) is 4.74 Å². The van der Waals surface area contributed by atoms with Crippen LogP contribution in [0.3, 0.4) is 0 Å². The molecule has 0 radical (unpaired) electrons. The van der Waals surface area contributed by atoms with Crippen molar-refractivity contribution in [3.8, 4) is 5.75 Å². The van der Waals surface area contributed by atoms with E-state index in [1.54, 1.807) is 6.92 Å². The predicted octanol–water partition coefficient (Wildman–Crippen LogP) is 3.91. The van der Waals surface area contributed by atoms with Crippen LogP contribution in [0, 0.1) is 0 Å². The van der Waals surface area contributed by atoms with Crippen LogP contribution in [-0.4, -0.2) is 18.1 Å². The smallest absolute Gasteiger partial charge is 0.260 e. The number of carbonyl (C=O) groups is 1. The summed E-state index contributed by atoms with van der Waals surface area (Å²) < 4.78 is 5.86. The standard InChI is InChI=1S/C18H23NO2/c1-4-8-13(2)19-18(20)14(3)21-17-12-7-10-15-9-5-6-11-16(15)17/h5-7,9-14H,4,8H2,1-3H3,(H,19,20). The van der Waals surface area contributed by atoms with Crippen molar-refractivity contribution in [2.24, 2.45) is 0 Å². The Morgan fingerprint density at radius 3 is 2.62 bits per heavy atom. The van der Waals surface area contributed by atoms with Crippen molar-refractivity contribution in [1.82, 2.24) is 5.32 Å². The first-order valence-electron chi connectivity index (χ1n) is 7.56. The maximum absolute atomic E-state index is 12.1. The molecule has 2 aromatic carbocycles. The zero-order valence-corrected chi connectivity index (χ0v) is 12.9. The minimum absolute atomic E-state index is 0.0658. The summed E-state index contributed by atoms with van der Waals surface area (Å²) in [4.78, 5) is 12.1. The van der Waals surface area contributed by atoms with Gasteiger partial charge >= 0.3 is 0 Å². The Morgan fingerprint density at radius 1 is 1.14 bits per heavy atom. The lowest BCUT2D eigenvalue weighted by Crippen LogP contribution is -2.41. The van der Waals surface area contributed by atoms with Gasteiger partial charge in [-0.3, -0.25) is 4.79 Å². The van der Waals surface area contributed by atoms with Crippen molar-refractivity contribution in [1.29, 1.82) is 0 Å². The maximum atomic E-state index is 12.1. The fourth-order valence-corrected chi connectivity index (χ4v) is 2.41. The average Bonchev–Trinajstić information content (AvgIpc) is 2.47. The normalized spacial score (nSPS) is 13.7. The summed E-state index contributed by atoms with van der Waals surface area (Å²) in [6.45, 7) is 5.92. The highest BCUT2D eigenvalue weighted by molar-refractivity contribution is 5.89. The topological polar surface area (TPSA) is 38.3 Å². The van der Waals surface area contributed by atoms with E-state index in [2.05, 4.69) is 12.2 Å². The Kier molecular flexibility index (Phi) is 5.20. The van der Waals surface area contributed by atoms with Crippen LogP contribution in [0.5, 0.6) is 5.75 Å². The lowest BCUT2D eigenvalue weighted by atomic mass is 10.1. The lowest BCUT2D eigenvalue weighted by Gasteiger charge is -2.19. The Labute approximate surface area is 126 Å². The average molecular weight is 285 g/mol. The predicted molar refractivity (Wildman–Crippen MR) is 86.6 cm³/mol. The number of rotatable bonds is 6. The monoisotopic (exact) mass is 285 g/mol. The third-order valence-corrected chi connectivity index (χ3v) is 3.53. The lowest BCUT2D eigenvalue weighted by molar-refractivity contribution is -0.127. The molecule has 3 heteroatoms. The van der Waals surface area contributed by atoms with Crippen LogP contribution in [0.15, 0.2) is 42.5 Å². The number of hydrogen-bond donors (Lipinski definition) is 1. The molecule has 2 rings (SSSR count). The van der Waals surface area contributed by atoms with Gasteiger partial charge < -0.3 is 10.1 Å². The van der Waals surface area contributed by atoms with E-state index < -0.39 is 6.10 Å². The van der Waals surface area contributed by atoms with Crippen LogP contribution in [0.1, 0.15) is 33.6 Å². The molecular formula is C18H23NO2. The molecule has 0 aliphatic rings. The highest BCUT2D eigenvalue weighted by Crippen LogP contribution is 2.26. The molecule has 1 N–H and O–H groups in total. The van der Waals surface area contributed by atoms with Crippen LogP contribution in [0.4, 0.5) is 0 Å². The van der Waals surface area contributed by atoms with E-state index in [0.717, 1.165) is 29.4 Å². The number of amides is 1. The first-order chi connectivity index (χ1) is 10.1. The Morgan fingerprint density at radius 2 is 1.86 bits per heavy atom. The second-order valence-corrected chi connectivity index (χ2v) is 5.44. The molecule has 0 aliphatic heterocycles. The maximum Gasteiger partial charge on any atom is 0.260 e. The molecule has 0 aliphatic carbocycles. The zero-order chi connectivity index (χ0) is 15.2. The molecule has 0 fully saturated rings. The summed E-state index contributed by atoms with van der Waals surface area (Å²) in [5.74, 6) is 0.683. The summed E-state index contributed by atoms with van der Waals surface area (Å²) in [6.07, 6.45) is 1.53. The van der Waals surface area contributed by atoms with E-state index in [-0.39, 0.29) is 11.9 Å². The van der Waals surface area contributed by atoms with Crippen molar-refractivity contribution in [3.63, 3.8) is 0 Å². The van der Waals surface area contributed by atoms with Crippen molar-refractivity contribution in [2.75, 3.05) is 0 Å². The molecule has 0 aromatic heterocycles. The van der Waals surface area contributed by atoms with E-state index >= 15 is 0 Å². The molecule has 3 nitrogen and oxygen atoms in total. The number of ether oxygens (including phenoxy) is 1. The molecule has 2 atom stereocenters. The quantitative estimate of drug-likeness (QED) is 0.873. The molecule has 2 aromatic rings. The summed E-state index contributed by atoms with van der Waals surface area (Å²) in [5.41, 5.74) is 0. The molecular weight excluding hydrogens is 262 g/mol. The van der Waals surface area contributed by atoms with Gasteiger partial charge in [-0.2, -0.15) is 0 Å². The first-order valence-corrected chi connectivity index (χ1v) is 7.56. The first kappa shape index (κ1) is 15.4. The van der Waals surface area contributed by atoms with Gasteiger partial charge in [0.2, 0.25) is 0 Å². The summed E-state index contributed by atoms with van der Waals surface area (Å²) in [6, 6.07) is 14.1. The van der Waals surface area contributed by atoms with Gasteiger partial charge in [0, 0.05) is 11.4 Å². The van der Waals surface area contributed by atoms with Gasteiger partial charge in [0.15, 0.2) is 6.10 Å². The van der Waals surface area contributed by atoms with Crippen LogP contribution >= 0.6 is 0 Å². The second-order valence-electron chi connectivity index (χ2n) is 5.44. The van der Waals surface area contributed by atoms with Crippen molar-refractivity contribution in [2.45, 2.75) is 45.8 Å². The van der Waals surface area contributed by atoms with E-state index in [0.29, 0.717) is 0 Å². The fraction of sp³-hybridized carbons (Fsp3) is 0.389. The minimum atomic E-state index is -0.505. The Bertz CT molecular complexity index is 604. The molecule has 0 bridgehead atoms. The molecule has 0 saturated heterocycles. The molecule has 0 spiro atoms. The number of hydrogen-bond acceptors (Lipinski definition) is 2. The van der Waals surface area contributed by atoms with Crippen molar-refractivity contribution < 1.29 is 9.53 Å². The van der Waals surface area contributed by atoms with Crippen LogP contribution in [0.25, 0.3) is 10.8 Å². The number of fused-ring (bicyclic) bond motifs is 1. The minimum Gasteiger partial charge on any atom is -0.480 e. The summed E-state index contributed by atoms with van der Waals surface area (Å²) in [7, 11) is 0. The summed E-state index contributed by atoms with van der Waals surface area (Å²) in [5, 5.41) is 5.13. The van der Waals surface area contributed by atoms with Gasteiger partial charge in [0.05, 0.1) is 0 Å². The van der Waals surface area contributed by atoms with Crippen LogP contribution < -0.4 is 10.1 Å². The van der Waals surface area contributed by atoms with E-state index in [1.807, 2.05) is 49.4 Å². The van der Waals surface area contributed by atoms with Crippen LogP contribution in [-0.2, 0) is 4.79 Å². The zero-order valence-electron chi connectivity index (χ0n) is 12.9. The number of benzene rings is 2. The van der Waals surface area contributed by atoms with Gasteiger partial charge in [-0.1, -0.05) is 49.7 Å². The highest BCUT2D eigenvalue weighted by Gasteiger charge is 2.17. The van der Waals surface area contributed by atoms with Gasteiger partial charge in [0.25, 0.3) is 5.91 Å². The van der Waals surface area contributed by atoms with Gasteiger partial charge in [-0.25, -0.2) is 0 Å². The van der Waals surface area contributed by atoms with Crippen LogP contribution in [0.2, 0.25) is 0 Å². The third-order valence-electron chi connectivity index (χ3n) is 3.53. The van der Waals surface area contributed by atoms with Crippen molar-refractivity contribution in [3.05, 3.63) is 42.5 Å². The molecule has 1 amide bonds. The number of carbonyl (C=O) groups excluding carboxylic acids is 1. The van der Waals surface area contributed by atoms with Crippen molar-refractivity contribution >= 4 is 16.7 Å². The van der Waals surface area contributed by atoms with E-state index in [9.17, 15) is 4.79 Å². The van der Waals surface area contributed by atoms with E-state index in [1.165, 1.54) is 0 Å². The van der Waals surface area contributed by atoms with Gasteiger partial charge in [-0.05, 0) is 31.7 Å². The molecule has 112 valence electrons. The molecule has 0 heterocycles. The Hall–Kier alpha value is -2.03. The fourth-order valence-electron chi connectivity index (χ4n) is 2.41. The van der Waals surface area contributed by atoms with Gasteiger partial charge in [0.1, 0.15) is 5.75 Å². The Balaban J connectivity index is 2.07. The third kappa shape index (κ3) is 3.97. The largest absolute Gasteiger partial charge is 0.480 e. The summed E-state index contributed by atoms with van der Waals surface area (Å²) >= 11 is 0. The molecule has 21 heavy (non-hydrogen) atoms. The SMILES string of the molecule is CCCC(C)NC(=O)C(C)Oc1cccc2ccccc12. The second kappa shape index (κ2) is 7.11. The number of nitrogens with one attached hydrogen (secondary N) is 1.